The van der Waals surface area contributed by atoms with Gasteiger partial charge in [-0.2, -0.15) is 0 Å². The topological polar surface area (TPSA) is 111 Å². The van der Waals surface area contributed by atoms with Gasteiger partial charge in [0.15, 0.2) is 6.10 Å². The summed E-state index contributed by atoms with van der Waals surface area (Å²) in [6.07, 6.45) is -1.24. The fraction of sp³-hybridized carbons (Fsp3) is 0.294. The lowest BCUT2D eigenvalue weighted by Gasteiger charge is -2.15. The number of benzene rings is 1. The maximum absolute atomic E-state index is 12.2. The molecule has 10 heteroatoms. The number of nitrogens with one attached hydrogen (secondary N) is 2. The molecule has 146 valence electrons. The number of hydrogen-bond acceptors (Lipinski definition) is 7. The monoisotopic (exact) mass is 412 g/mol. The predicted octanol–water partition coefficient (Wildman–Crippen LogP) is 2.00. The Morgan fingerprint density at radius 2 is 1.93 bits per heavy atom. The van der Waals surface area contributed by atoms with Gasteiger partial charge in [0, 0.05) is 6.54 Å². The first-order valence-electron chi connectivity index (χ1n) is 8.00. The quantitative estimate of drug-likeness (QED) is 0.610. The van der Waals surface area contributed by atoms with E-state index in [1.807, 2.05) is 0 Å². The van der Waals surface area contributed by atoms with E-state index in [1.165, 1.54) is 20.1 Å². The Bertz CT molecular complexity index is 881. The number of amides is 1. The van der Waals surface area contributed by atoms with Gasteiger partial charge in [0.2, 0.25) is 10.0 Å². The summed E-state index contributed by atoms with van der Waals surface area (Å²) in [5.41, 5.74) is 0.455. The second-order valence-electron chi connectivity index (χ2n) is 5.40. The Labute approximate surface area is 161 Å². The van der Waals surface area contributed by atoms with Crippen LogP contribution in [0.1, 0.15) is 13.3 Å². The summed E-state index contributed by atoms with van der Waals surface area (Å²) in [6.45, 7) is 1.30. The summed E-state index contributed by atoms with van der Waals surface area (Å²) in [5, 5.41) is 4.26. The van der Waals surface area contributed by atoms with Gasteiger partial charge < -0.3 is 14.8 Å². The molecule has 27 heavy (non-hydrogen) atoms. The van der Waals surface area contributed by atoms with E-state index in [0.29, 0.717) is 11.4 Å². The van der Waals surface area contributed by atoms with E-state index in [2.05, 4.69) is 10.0 Å². The number of para-hydroxylation sites is 2. The van der Waals surface area contributed by atoms with E-state index in [-0.39, 0.29) is 17.2 Å². The smallest absolute Gasteiger partial charge is 0.307 e. The van der Waals surface area contributed by atoms with Crippen molar-refractivity contribution in [3.8, 4) is 5.75 Å². The van der Waals surface area contributed by atoms with Gasteiger partial charge in [-0.15, -0.1) is 11.3 Å². The molecule has 1 heterocycles. The molecule has 0 spiro atoms. The van der Waals surface area contributed by atoms with E-state index >= 15 is 0 Å². The molecule has 0 saturated carbocycles. The Hall–Kier alpha value is -2.43. The van der Waals surface area contributed by atoms with E-state index in [9.17, 15) is 18.0 Å². The van der Waals surface area contributed by atoms with Gasteiger partial charge in [0.1, 0.15) is 9.96 Å². The zero-order chi connectivity index (χ0) is 19.9. The molecule has 1 atom stereocenters. The summed E-state index contributed by atoms with van der Waals surface area (Å²) in [4.78, 5) is 24.0. The van der Waals surface area contributed by atoms with Gasteiger partial charge in [0.25, 0.3) is 5.91 Å². The van der Waals surface area contributed by atoms with Crippen LogP contribution in [0.3, 0.4) is 0 Å². The van der Waals surface area contributed by atoms with Gasteiger partial charge in [0.05, 0.1) is 19.2 Å². The molecule has 1 aromatic heterocycles. The van der Waals surface area contributed by atoms with Gasteiger partial charge >= 0.3 is 5.97 Å². The Morgan fingerprint density at radius 3 is 2.59 bits per heavy atom. The second kappa shape index (κ2) is 9.49. The lowest BCUT2D eigenvalue weighted by molar-refractivity contribution is -0.152. The molecule has 0 radical (unpaired) electrons. The van der Waals surface area contributed by atoms with Crippen molar-refractivity contribution in [2.45, 2.75) is 23.7 Å². The van der Waals surface area contributed by atoms with Gasteiger partial charge in [-0.05, 0) is 30.5 Å². The third kappa shape index (κ3) is 6.05. The standard InChI is InChI=1S/C17H20N2O6S2/c1-12(17(21)19-13-6-3-4-7-14(13)24-2)25-15(20)9-10-18-27(22,23)16-8-5-11-26-16/h3-8,11-12,18H,9-10H2,1-2H3,(H,19,21)/t12-/m1/s1. The molecule has 1 amide bonds. The molecule has 0 aliphatic carbocycles. The van der Waals surface area contributed by atoms with Crippen LogP contribution in [0, 0.1) is 0 Å². The largest absolute Gasteiger partial charge is 0.495 e. The van der Waals surface area contributed by atoms with Crippen molar-refractivity contribution < 1.29 is 27.5 Å². The minimum absolute atomic E-state index is 0.125. The first-order chi connectivity index (χ1) is 12.8. The average Bonchev–Trinajstić information content (AvgIpc) is 3.17. The summed E-state index contributed by atoms with van der Waals surface area (Å²) in [7, 11) is -2.16. The molecule has 2 N–H and O–H groups in total. The van der Waals surface area contributed by atoms with Gasteiger partial charge in [-0.1, -0.05) is 18.2 Å². The van der Waals surface area contributed by atoms with Crippen LogP contribution in [0.4, 0.5) is 5.69 Å². The third-order valence-corrected chi connectivity index (χ3v) is 6.28. The number of anilines is 1. The molecule has 2 rings (SSSR count). The molecule has 0 aliphatic rings. The molecular formula is C17H20N2O6S2. The highest BCUT2D eigenvalue weighted by atomic mass is 32.2. The van der Waals surface area contributed by atoms with Crippen LogP contribution in [0.5, 0.6) is 5.75 Å². The number of carbonyl (C=O) groups excluding carboxylic acids is 2. The Kier molecular flexibility index (Phi) is 7.34. The van der Waals surface area contributed by atoms with Crippen molar-refractivity contribution in [3.63, 3.8) is 0 Å². The molecule has 0 saturated heterocycles. The van der Waals surface area contributed by atoms with Crippen molar-refractivity contribution in [1.82, 2.24) is 4.72 Å². The minimum atomic E-state index is -3.64. The molecule has 0 fully saturated rings. The van der Waals surface area contributed by atoms with Crippen molar-refractivity contribution in [1.29, 1.82) is 0 Å². The zero-order valence-electron chi connectivity index (χ0n) is 14.8. The number of carbonyl (C=O) groups is 2. The van der Waals surface area contributed by atoms with Crippen molar-refractivity contribution >= 4 is 38.9 Å². The summed E-state index contributed by atoms with van der Waals surface area (Å²) >= 11 is 1.08. The van der Waals surface area contributed by atoms with Crippen LogP contribution >= 0.6 is 11.3 Å². The Morgan fingerprint density at radius 1 is 1.19 bits per heavy atom. The van der Waals surface area contributed by atoms with E-state index in [1.54, 1.807) is 35.7 Å². The van der Waals surface area contributed by atoms with Gasteiger partial charge in [-0.3, -0.25) is 9.59 Å². The van der Waals surface area contributed by atoms with Crippen molar-refractivity contribution in [2.24, 2.45) is 0 Å². The number of methoxy groups -OCH3 is 1. The van der Waals surface area contributed by atoms with E-state index < -0.39 is 28.0 Å². The van der Waals surface area contributed by atoms with Crippen LogP contribution in [0.25, 0.3) is 0 Å². The predicted molar refractivity (Wildman–Crippen MR) is 101 cm³/mol. The van der Waals surface area contributed by atoms with Crippen LogP contribution in [-0.2, 0) is 24.3 Å². The molecule has 0 aliphatic heterocycles. The third-order valence-electron chi connectivity index (χ3n) is 3.42. The highest BCUT2D eigenvalue weighted by molar-refractivity contribution is 7.91. The lowest BCUT2D eigenvalue weighted by atomic mass is 10.2. The first kappa shape index (κ1) is 20.9. The molecule has 0 unspecified atom stereocenters. The zero-order valence-corrected chi connectivity index (χ0v) is 16.4. The molecular weight excluding hydrogens is 392 g/mol. The molecule has 2 aromatic rings. The maximum atomic E-state index is 12.2. The van der Waals surface area contributed by atoms with Crippen LogP contribution in [-0.4, -0.2) is 40.1 Å². The number of thiophene rings is 1. The van der Waals surface area contributed by atoms with E-state index in [0.717, 1.165) is 11.3 Å². The first-order valence-corrected chi connectivity index (χ1v) is 10.4. The van der Waals surface area contributed by atoms with Crippen LogP contribution in [0.15, 0.2) is 46.0 Å². The molecule has 1 aromatic carbocycles. The Balaban J connectivity index is 1.80. The SMILES string of the molecule is COc1ccccc1NC(=O)[C@@H](C)OC(=O)CCNS(=O)(=O)c1cccs1. The van der Waals surface area contributed by atoms with E-state index in [4.69, 9.17) is 9.47 Å². The lowest BCUT2D eigenvalue weighted by Crippen LogP contribution is -2.32. The average molecular weight is 412 g/mol. The number of hydrogen-bond donors (Lipinski definition) is 2. The molecule has 8 nitrogen and oxygen atoms in total. The number of rotatable bonds is 9. The van der Waals surface area contributed by atoms with Crippen molar-refractivity contribution in [3.05, 3.63) is 41.8 Å². The highest BCUT2D eigenvalue weighted by Gasteiger charge is 2.20. The highest BCUT2D eigenvalue weighted by Crippen LogP contribution is 2.23. The molecule has 0 bridgehead atoms. The summed E-state index contributed by atoms with van der Waals surface area (Å²) in [5.74, 6) is -0.731. The minimum Gasteiger partial charge on any atom is -0.495 e. The fourth-order valence-electron chi connectivity index (χ4n) is 2.07. The number of sulfonamides is 1. The normalized spacial score (nSPS) is 12.2. The second-order valence-corrected chi connectivity index (χ2v) is 8.34. The number of ether oxygens (including phenoxy) is 2. The number of esters is 1. The van der Waals surface area contributed by atoms with Gasteiger partial charge in [-0.25, -0.2) is 13.1 Å². The fourth-order valence-corrected chi connectivity index (χ4v) is 4.14. The van der Waals surface area contributed by atoms with Crippen LogP contribution < -0.4 is 14.8 Å². The maximum Gasteiger partial charge on any atom is 0.307 e. The van der Waals surface area contributed by atoms with Crippen LogP contribution in [0.2, 0.25) is 0 Å². The summed E-state index contributed by atoms with van der Waals surface area (Å²) < 4.78 is 36.5. The van der Waals surface area contributed by atoms with Crippen molar-refractivity contribution in [2.75, 3.05) is 19.0 Å². The summed E-state index contributed by atoms with van der Waals surface area (Å²) in [6, 6.07) is 9.92.